The Kier molecular flexibility index (Phi) is 5.99. The first kappa shape index (κ1) is 22.9. The lowest BCUT2D eigenvalue weighted by atomic mass is 9.71. The molecule has 0 saturated heterocycles. The molecule has 174 valence electrons. The monoisotopic (exact) mass is 461 g/mol. The van der Waals surface area contributed by atoms with Crippen LogP contribution in [-0.4, -0.2) is 21.8 Å². The van der Waals surface area contributed by atoms with E-state index in [1.807, 2.05) is 6.92 Å². The van der Waals surface area contributed by atoms with Crippen LogP contribution >= 0.6 is 0 Å². The molecule has 2 aromatic heterocycles. The van der Waals surface area contributed by atoms with Crippen molar-refractivity contribution < 1.29 is 22.4 Å². The third-order valence-corrected chi connectivity index (χ3v) is 6.35. The maximum Gasteiger partial charge on any atom is 0.268 e. The van der Waals surface area contributed by atoms with E-state index in [1.54, 1.807) is 0 Å². The lowest BCUT2D eigenvalue weighted by Gasteiger charge is -2.37. The molecule has 0 bridgehead atoms. The average Bonchev–Trinajstić information content (AvgIpc) is 2.76. The Balaban J connectivity index is 1.89. The van der Waals surface area contributed by atoms with Crippen molar-refractivity contribution in [1.82, 2.24) is 9.97 Å². The number of aromatic amines is 1. The highest BCUT2D eigenvalue weighted by molar-refractivity contribution is 6.03. The van der Waals surface area contributed by atoms with Crippen molar-refractivity contribution in [1.29, 1.82) is 0 Å². The molecule has 0 spiro atoms. The number of H-pyrrole nitrogens is 1. The minimum Gasteiger partial charge on any atom is -0.364 e. The Morgan fingerprint density at radius 2 is 2.00 bits per heavy atom. The molecule has 2 atom stereocenters. The SMILES string of the molecule is CCCc1c([C@@H]2CCC(F)(F)CC2c2cc(=O)c3c(C(N)=O)nccc3[nH]2)ccc(F)c1F. The van der Waals surface area contributed by atoms with Crippen LogP contribution in [0.5, 0.6) is 0 Å². The van der Waals surface area contributed by atoms with Crippen molar-refractivity contribution in [3.63, 3.8) is 0 Å². The number of hydrogen-bond donors (Lipinski definition) is 2. The molecule has 1 saturated carbocycles. The van der Waals surface area contributed by atoms with E-state index in [-0.39, 0.29) is 40.7 Å². The van der Waals surface area contributed by atoms with Gasteiger partial charge in [0.05, 0.1) is 10.9 Å². The van der Waals surface area contributed by atoms with Gasteiger partial charge >= 0.3 is 0 Å². The molecule has 1 aliphatic carbocycles. The number of nitrogens with two attached hydrogens (primary N) is 1. The third-order valence-electron chi connectivity index (χ3n) is 6.35. The van der Waals surface area contributed by atoms with Crippen LogP contribution in [0.4, 0.5) is 17.6 Å². The summed E-state index contributed by atoms with van der Waals surface area (Å²) in [6, 6.07) is 5.11. The average molecular weight is 461 g/mol. The van der Waals surface area contributed by atoms with Crippen molar-refractivity contribution in [3.8, 4) is 0 Å². The Morgan fingerprint density at radius 1 is 1.24 bits per heavy atom. The predicted octanol–water partition coefficient (Wildman–Crippen LogP) is 4.94. The van der Waals surface area contributed by atoms with Crippen molar-refractivity contribution in [2.75, 3.05) is 0 Å². The van der Waals surface area contributed by atoms with Crippen LogP contribution in [0.2, 0.25) is 0 Å². The second-order valence-corrected chi connectivity index (χ2v) is 8.53. The molecule has 1 unspecified atom stereocenters. The molecular weight excluding hydrogens is 438 g/mol. The van der Waals surface area contributed by atoms with Gasteiger partial charge in [0.1, 0.15) is 5.69 Å². The second kappa shape index (κ2) is 8.61. The van der Waals surface area contributed by atoms with Crippen LogP contribution in [0.15, 0.2) is 35.3 Å². The molecule has 3 N–H and O–H groups in total. The number of halogens is 4. The zero-order valence-electron chi connectivity index (χ0n) is 17.9. The molecule has 0 radical (unpaired) electrons. The van der Waals surface area contributed by atoms with E-state index < -0.39 is 53.6 Å². The van der Waals surface area contributed by atoms with Gasteiger partial charge in [-0.05, 0) is 42.0 Å². The van der Waals surface area contributed by atoms with E-state index >= 15 is 0 Å². The Morgan fingerprint density at radius 3 is 2.70 bits per heavy atom. The summed E-state index contributed by atoms with van der Waals surface area (Å²) in [6.07, 6.45) is 1.20. The highest BCUT2D eigenvalue weighted by atomic mass is 19.3. The van der Waals surface area contributed by atoms with E-state index in [0.29, 0.717) is 12.0 Å². The molecule has 1 aromatic carbocycles. The van der Waals surface area contributed by atoms with Crippen LogP contribution < -0.4 is 11.2 Å². The molecule has 4 rings (SSSR count). The first-order valence-electron chi connectivity index (χ1n) is 10.8. The predicted molar refractivity (Wildman–Crippen MR) is 116 cm³/mol. The van der Waals surface area contributed by atoms with Gasteiger partial charge in [0.2, 0.25) is 5.92 Å². The molecule has 33 heavy (non-hydrogen) atoms. The minimum absolute atomic E-state index is 0.0210. The van der Waals surface area contributed by atoms with Crippen molar-refractivity contribution in [3.05, 3.63) is 74.8 Å². The summed E-state index contributed by atoms with van der Waals surface area (Å²) >= 11 is 0. The summed E-state index contributed by atoms with van der Waals surface area (Å²) < 4.78 is 57.6. The fourth-order valence-corrected chi connectivity index (χ4v) is 4.90. The number of aromatic nitrogens is 2. The van der Waals surface area contributed by atoms with Gasteiger partial charge in [0.15, 0.2) is 17.1 Å². The van der Waals surface area contributed by atoms with Gasteiger partial charge in [-0.25, -0.2) is 17.6 Å². The normalized spacial score (nSPS) is 20.2. The number of nitrogens with one attached hydrogen (secondary N) is 1. The summed E-state index contributed by atoms with van der Waals surface area (Å²) in [5, 5.41) is -0.0210. The topological polar surface area (TPSA) is 88.8 Å². The summed E-state index contributed by atoms with van der Waals surface area (Å²) in [7, 11) is 0. The Hall–Kier alpha value is -3.23. The molecule has 0 aliphatic heterocycles. The summed E-state index contributed by atoms with van der Waals surface area (Å²) in [6.45, 7) is 1.83. The molecular formula is C24H23F4N3O2. The van der Waals surface area contributed by atoms with E-state index in [4.69, 9.17) is 5.73 Å². The van der Waals surface area contributed by atoms with Crippen molar-refractivity contribution in [2.24, 2.45) is 5.73 Å². The van der Waals surface area contributed by atoms with Crippen LogP contribution in [0.25, 0.3) is 10.9 Å². The lowest BCUT2D eigenvalue weighted by molar-refractivity contribution is -0.0465. The summed E-state index contributed by atoms with van der Waals surface area (Å²) in [4.78, 5) is 31.4. The van der Waals surface area contributed by atoms with Gasteiger partial charge in [0.25, 0.3) is 5.91 Å². The standard InChI is InChI=1S/C24H23F4N3O2/c1-2-3-14-12(4-5-16(25)21(14)26)13-6-8-24(27,28)11-15(13)18-10-19(32)20-17(31-18)7-9-30-22(20)23(29)33/h4-5,7,9-10,13,15H,2-3,6,8,11H2,1H3,(H2,29,33)(H,31,32)/t13-,15?/m0/s1. The molecule has 1 aliphatic rings. The Labute approximate surface area is 187 Å². The van der Waals surface area contributed by atoms with E-state index in [9.17, 15) is 27.2 Å². The number of hydrogen-bond acceptors (Lipinski definition) is 3. The van der Waals surface area contributed by atoms with Gasteiger partial charge < -0.3 is 10.7 Å². The number of carbonyl (C=O) groups is 1. The number of nitrogens with zero attached hydrogens (tertiary/aromatic N) is 1. The zero-order chi connectivity index (χ0) is 23.9. The maximum absolute atomic E-state index is 14.6. The number of amides is 1. The first-order valence-corrected chi connectivity index (χ1v) is 10.8. The Bertz CT molecular complexity index is 1290. The van der Waals surface area contributed by atoms with Gasteiger partial charge in [0, 0.05) is 36.7 Å². The van der Waals surface area contributed by atoms with E-state index in [0.717, 1.165) is 6.07 Å². The fraction of sp³-hybridized carbons (Fsp3) is 0.375. The van der Waals surface area contributed by atoms with Crippen molar-refractivity contribution >= 4 is 16.8 Å². The number of primary amides is 1. The van der Waals surface area contributed by atoms with E-state index in [1.165, 1.54) is 24.4 Å². The number of pyridine rings is 2. The maximum atomic E-state index is 14.6. The van der Waals surface area contributed by atoms with Crippen LogP contribution in [0.3, 0.4) is 0 Å². The van der Waals surface area contributed by atoms with Crippen LogP contribution in [0.1, 0.15) is 71.8 Å². The summed E-state index contributed by atoms with van der Waals surface area (Å²) in [5.41, 5.74) is 5.67. The molecule has 5 nitrogen and oxygen atoms in total. The number of alkyl halides is 2. The number of fused-ring (bicyclic) bond motifs is 1. The van der Waals surface area contributed by atoms with E-state index in [2.05, 4.69) is 9.97 Å². The molecule has 1 fully saturated rings. The second-order valence-electron chi connectivity index (χ2n) is 8.53. The van der Waals surface area contributed by atoms with Crippen molar-refractivity contribution in [2.45, 2.75) is 56.8 Å². The quantitative estimate of drug-likeness (QED) is 0.528. The van der Waals surface area contributed by atoms with Gasteiger partial charge in [-0.2, -0.15) is 0 Å². The smallest absolute Gasteiger partial charge is 0.268 e. The largest absolute Gasteiger partial charge is 0.364 e. The number of rotatable bonds is 5. The molecule has 2 heterocycles. The lowest BCUT2D eigenvalue weighted by Crippen LogP contribution is -2.32. The molecule has 1 amide bonds. The first-order chi connectivity index (χ1) is 15.6. The highest BCUT2D eigenvalue weighted by Crippen LogP contribution is 2.50. The number of benzene rings is 1. The highest BCUT2D eigenvalue weighted by Gasteiger charge is 2.44. The minimum atomic E-state index is -2.98. The fourth-order valence-electron chi connectivity index (χ4n) is 4.90. The van der Waals surface area contributed by atoms with Crippen LogP contribution in [0, 0.1) is 11.6 Å². The molecule has 3 aromatic rings. The third kappa shape index (κ3) is 4.24. The van der Waals surface area contributed by atoms with Crippen LogP contribution in [-0.2, 0) is 6.42 Å². The zero-order valence-corrected chi connectivity index (χ0v) is 17.9. The molecule has 9 heteroatoms. The summed E-state index contributed by atoms with van der Waals surface area (Å²) in [5.74, 6) is -7.21. The number of carbonyl (C=O) groups excluding carboxylic acids is 1. The van der Waals surface area contributed by atoms with Gasteiger partial charge in [-0.3, -0.25) is 14.6 Å². The van der Waals surface area contributed by atoms with Gasteiger partial charge in [-0.1, -0.05) is 19.4 Å². The van der Waals surface area contributed by atoms with Gasteiger partial charge in [-0.15, -0.1) is 0 Å².